The second-order valence-electron chi connectivity index (χ2n) is 0.580. The molecule has 0 bridgehead atoms. The summed E-state index contributed by atoms with van der Waals surface area (Å²) in [7, 11) is 0. The van der Waals surface area contributed by atoms with Crippen LogP contribution in [0.2, 0.25) is 0 Å². The van der Waals surface area contributed by atoms with Gasteiger partial charge in [0.2, 0.25) is 0 Å². The molecule has 0 saturated carbocycles. The van der Waals surface area contributed by atoms with Crippen LogP contribution in [0.3, 0.4) is 0 Å². The Balaban J connectivity index is 3.45. The first-order valence-electron chi connectivity index (χ1n) is 1.01. The quantitative estimate of drug-likeness (QED) is 0.364. The second kappa shape index (κ2) is 1.72. The van der Waals surface area contributed by atoms with Crippen LogP contribution in [-0.4, -0.2) is 22.6 Å². The van der Waals surface area contributed by atoms with Crippen LogP contribution in [0.25, 0.3) is 0 Å². The van der Waals surface area contributed by atoms with Crippen molar-refractivity contribution in [3.8, 4) is 0 Å². The molecule has 0 unspecified atom stereocenters. The third-order valence-corrected chi connectivity index (χ3v) is 0.659. The first-order chi connectivity index (χ1) is 2.56. The van der Waals surface area contributed by atoms with Gasteiger partial charge in [0.25, 0.3) is 0 Å². The Labute approximate surface area is 40.6 Å². The van der Waals surface area contributed by atoms with E-state index in [-0.39, 0.29) is 0 Å². The predicted octanol–water partition coefficient (Wildman–Crippen LogP) is 0.858. The summed E-state index contributed by atoms with van der Waals surface area (Å²) in [6, 6.07) is 0. The molecule has 0 fully saturated rings. The molecule has 0 spiro atoms. The molecule has 0 aromatic heterocycles. The van der Waals surface area contributed by atoms with Crippen LogP contribution < -0.4 is 0 Å². The molecule has 1 nitrogen and oxygen atoms in total. The van der Waals surface area contributed by atoms with Gasteiger partial charge in [-0.25, -0.2) is 0 Å². The van der Waals surface area contributed by atoms with Crippen LogP contribution in [0.1, 0.15) is 0 Å². The number of rotatable bonds is 0. The predicted molar refractivity (Wildman–Crippen MR) is 14.2 cm³/mol. The van der Waals surface area contributed by atoms with Crippen LogP contribution in [0, 0.1) is 0 Å². The molecule has 0 aromatic rings. The van der Waals surface area contributed by atoms with Crippen molar-refractivity contribution in [2.24, 2.45) is 3.90 Å². The number of hydrogen-bond donors (Lipinski definition) is 0. The molecule has 0 aliphatic rings. The van der Waals surface area contributed by atoms with Gasteiger partial charge >= 0.3 is 39.7 Å². The summed E-state index contributed by atoms with van der Waals surface area (Å²) in [6.07, 6.45) is -4.33. The van der Waals surface area contributed by atoms with Gasteiger partial charge in [0.05, 0.1) is 0 Å². The number of alkyl halides is 3. The van der Waals surface area contributed by atoms with E-state index in [0.29, 0.717) is 16.3 Å². The zero-order valence-electron chi connectivity index (χ0n) is 2.58. The molecule has 0 heterocycles. The van der Waals surface area contributed by atoms with E-state index in [1.54, 1.807) is 0 Å². The summed E-state index contributed by atoms with van der Waals surface area (Å²) in [5.41, 5.74) is 0. The third-order valence-electron chi connectivity index (χ3n) is 0.127. The minimum atomic E-state index is -4.33. The van der Waals surface area contributed by atoms with Gasteiger partial charge in [-0.05, 0) is 0 Å². The summed E-state index contributed by atoms with van der Waals surface area (Å²) in [4.78, 5) is 0. The topological polar surface area (TPSA) is 12.4 Å². The van der Waals surface area contributed by atoms with E-state index in [1.165, 1.54) is 0 Å². The Bertz CT molecular complexity index is 56.3. The van der Waals surface area contributed by atoms with Crippen molar-refractivity contribution in [2.45, 2.75) is 6.30 Å². The maximum absolute atomic E-state index is 10.6. The van der Waals surface area contributed by atoms with E-state index in [0.717, 1.165) is 0 Å². The average molecular weight is 156 g/mol. The van der Waals surface area contributed by atoms with Crippen LogP contribution in [0.4, 0.5) is 13.2 Å². The molecule has 0 N–H and O–H groups in total. The SMILES string of the molecule is FC(F)(F)[N]=[Ge]. The van der Waals surface area contributed by atoms with Crippen molar-refractivity contribution in [1.82, 2.24) is 0 Å². The Hall–Kier alpha value is 0.133. The Kier molecular flexibility index (Phi) is 1.76. The molecule has 0 rings (SSSR count). The molecule has 0 saturated heterocycles. The second-order valence-corrected chi connectivity index (χ2v) is 1.05. The van der Waals surface area contributed by atoms with Crippen molar-refractivity contribution in [2.75, 3.05) is 0 Å². The van der Waals surface area contributed by atoms with Gasteiger partial charge in [0, 0.05) is 0 Å². The van der Waals surface area contributed by atoms with Crippen molar-refractivity contribution < 1.29 is 13.2 Å². The summed E-state index contributed by atoms with van der Waals surface area (Å²) in [5, 5.41) is 0. The fourth-order valence-electron chi connectivity index (χ4n) is 0. The van der Waals surface area contributed by atoms with Gasteiger partial charge < -0.3 is 0 Å². The monoisotopic (exact) mass is 157 g/mol. The van der Waals surface area contributed by atoms with Crippen molar-refractivity contribution in [1.29, 1.82) is 0 Å². The minimum absolute atomic E-state index is 0.708. The molecule has 0 amide bonds. The normalized spacial score (nSPS) is 11.2. The van der Waals surface area contributed by atoms with E-state index >= 15 is 0 Å². The van der Waals surface area contributed by atoms with Gasteiger partial charge in [0.1, 0.15) is 0 Å². The molecule has 0 aliphatic carbocycles. The fraction of sp³-hybridized carbons (Fsp3) is 1.00. The summed E-state index contributed by atoms with van der Waals surface area (Å²) in [6.45, 7) is 0. The van der Waals surface area contributed by atoms with Crippen LogP contribution in [0.15, 0.2) is 3.90 Å². The molecule has 34 valence electrons. The van der Waals surface area contributed by atoms with Gasteiger partial charge in [-0.15, -0.1) is 0 Å². The van der Waals surface area contributed by atoms with Gasteiger partial charge in [-0.2, -0.15) is 0 Å². The van der Waals surface area contributed by atoms with E-state index in [9.17, 15) is 13.2 Å². The molecule has 6 heavy (non-hydrogen) atoms. The molecule has 0 aliphatic heterocycles. The molecule has 5 heteroatoms. The number of hydrogen-bond acceptors (Lipinski definition) is 1. The number of halogens is 3. The third kappa shape index (κ3) is 4.13. The Morgan fingerprint density at radius 3 is 1.50 bits per heavy atom. The van der Waals surface area contributed by atoms with Crippen molar-refractivity contribution >= 4 is 16.3 Å². The zero-order valence-corrected chi connectivity index (χ0v) is 4.68. The van der Waals surface area contributed by atoms with Gasteiger partial charge in [-0.3, -0.25) is 0 Å². The fourth-order valence-corrected chi connectivity index (χ4v) is 0. The zero-order chi connectivity index (χ0) is 5.21. The summed E-state index contributed by atoms with van der Waals surface area (Å²) < 4.78 is 33.9. The van der Waals surface area contributed by atoms with Crippen LogP contribution in [0.5, 0.6) is 0 Å². The van der Waals surface area contributed by atoms with Crippen molar-refractivity contribution in [3.05, 3.63) is 0 Å². The van der Waals surface area contributed by atoms with Crippen molar-refractivity contribution in [3.63, 3.8) is 0 Å². The van der Waals surface area contributed by atoms with E-state index < -0.39 is 6.30 Å². The molecular formula is CF3GeN. The molecule has 2 radical (unpaired) electrons. The Morgan fingerprint density at radius 2 is 1.50 bits per heavy atom. The molecule has 0 atom stereocenters. The first-order valence-corrected chi connectivity index (χ1v) is 1.95. The first kappa shape index (κ1) is 6.13. The van der Waals surface area contributed by atoms with Crippen LogP contribution >= 0.6 is 0 Å². The van der Waals surface area contributed by atoms with E-state index in [4.69, 9.17) is 0 Å². The average Bonchev–Trinajstić information content (AvgIpc) is 1.35. The Morgan fingerprint density at radius 1 is 1.33 bits per heavy atom. The standard InChI is InChI=1S/CF3GeN/c2-1(3,4)6-5. The van der Waals surface area contributed by atoms with E-state index in [2.05, 4.69) is 0 Å². The summed E-state index contributed by atoms with van der Waals surface area (Å²) in [5.74, 6) is 0. The van der Waals surface area contributed by atoms with Crippen LogP contribution in [-0.2, 0) is 0 Å². The van der Waals surface area contributed by atoms with Gasteiger partial charge in [-0.1, -0.05) is 0 Å². The van der Waals surface area contributed by atoms with E-state index in [1.807, 2.05) is 3.90 Å². The van der Waals surface area contributed by atoms with Gasteiger partial charge in [0.15, 0.2) is 0 Å². The molecule has 0 aromatic carbocycles. The molecular weight excluding hydrogens is 156 g/mol. The number of nitrogens with zero attached hydrogens (tertiary/aromatic N) is 1. The maximum atomic E-state index is 10.6. The summed E-state index contributed by atoms with van der Waals surface area (Å²) >= 11 is 0.708.